The van der Waals surface area contributed by atoms with Crippen molar-refractivity contribution in [2.75, 3.05) is 19.6 Å². The van der Waals surface area contributed by atoms with E-state index in [0.29, 0.717) is 12.5 Å². The van der Waals surface area contributed by atoms with E-state index in [1.807, 2.05) is 18.2 Å². The van der Waals surface area contributed by atoms with Crippen molar-refractivity contribution < 1.29 is 13.6 Å². The molecule has 0 saturated carbocycles. The van der Waals surface area contributed by atoms with Crippen molar-refractivity contribution in [3.63, 3.8) is 0 Å². The Morgan fingerprint density at radius 2 is 1.96 bits per heavy atom. The average Bonchev–Trinajstić information content (AvgIpc) is 3.01. The van der Waals surface area contributed by atoms with Crippen molar-refractivity contribution in [2.45, 2.75) is 13.0 Å². The zero-order valence-corrected chi connectivity index (χ0v) is 13.3. The second-order valence-corrected chi connectivity index (χ2v) is 6.21. The fourth-order valence-electron chi connectivity index (χ4n) is 3.07. The van der Waals surface area contributed by atoms with Crippen molar-refractivity contribution in [3.05, 3.63) is 71.3 Å². The molecule has 0 unspecified atom stereocenters. The molecule has 5 heteroatoms. The molecule has 0 bridgehead atoms. The van der Waals surface area contributed by atoms with Crippen LogP contribution in [0.2, 0.25) is 0 Å². The molecule has 3 nitrogen and oxygen atoms in total. The molecule has 0 aromatic heterocycles. The molecule has 2 aromatic carbocycles. The molecule has 0 radical (unpaired) electrons. The molecule has 2 aromatic rings. The second kappa shape index (κ2) is 7.53. The normalized spacial score (nSPS) is 17.8. The van der Waals surface area contributed by atoms with Gasteiger partial charge in [-0.1, -0.05) is 30.3 Å². The number of halogens is 2. The third kappa shape index (κ3) is 4.17. The first-order valence-corrected chi connectivity index (χ1v) is 8.11. The zero-order chi connectivity index (χ0) is 16.9. The van der Waals surface area contributed by atoms with Gasteiger partial charge in [0.1, 0.15) is 11.6 Å². The van der Waals surface area contributed by atoms with Crippen molar-refractivity contribution in [3.8, 4) is 0 Å². The summed E-state index contributed by atoms with van der Waals surface area (Å²) in [6.45, 7) is 3.29. The molecule has 3 rings (SSSR count). The Kier molecular flexibility index (Phi) is 5.20. The first kappa shape index (κ1) is 16.6. The molecular weight excluding hydrogens is 310 g/mol. The lowest BCUT2D eigenvalue weighted by Gasteiger charge is -2.16. The Labute approximate surface area is 140 Å². The number of hydrogen-bond donors (Lipinski definition) is 1. The molecule has 126 valence electrons. The summed E-state index contributed by atoms with van der Waals surface area (Å²) in [5.41, 5.74) is 1.16. The van der Waals surface area contributed by atoms with Gasteiger partial charge < -0.3 is 5.32 Å². The van der Waals surface area contributed by atoms with Gasteiger partial charge in [0.25, 0.3) is 5.91 Å². The minimum atomic E-state index is -0.829. The Bertz CT molecular complexity index is 706. The van der Waals surface area contributed by atoms with E-state index >= 15 is 0 Å². The smallest absolute Gasteiger partial charge is 0.254 e. The number of carbonyl (C=O) groups is 1. The fraction of sp³-hybridized carbons (Fsp3) is 0.316. The molecule has 1 aliphatic rings. The Balaban J connectivity index is 1.48. The molecule has 1 amide bonds. The van der Waals surface area contributed by atoms with E-state index in [2.05, 4.69) is 22.3 Å². The quantitative estimate of drug-likeness (QED) is 0.913. The number of carbonyl (C=O) groups excluding carboxylic acids is 1. The topological polar surface area (TPSA) is 32.3 Å². The van der Waals surface area contributed by atoms with E-state index in [9.17, 15) is 13.6 Å². The van der Waals surface area contributed by atoms with Gasteiger partial charge in [0.15, 0.2) is 0 Å². The molecule has 1 aliphatic heterocycles. The van der Waals surface area contributed by atoms with Gasteiger partial charge in [0.2, 0.25) is 0 Å². The summed E-state index contributed by atoms with van der Waals surface area (Å²) in [5, 5.41) is 2.76. The average molecular weight is 330 g/mol. The lowest BCUT2D eigenvalue weighted by atomic mass is 10.1. The van der Waals surface area contributed by atoms with Gasteiger partial charge in [-0.25, -0.2) is 8.78 Å². The van der Waals surface area contributed by atoms with Gasteiger partial charge >= 0.3 is 0 Å². The van der Waals surface area contributed by atoms with Gasteiger partial charge in [-0.05, 0) is 36.6 Å². The standard InChI is InChI=1S/C19H20F2N2O/c20-16-6-7-17(18(21)10-16)19(24)22-11-15-8-9-23(13-15)12-14-4-2-1-3-5-14/h1-7,10,15H,8-9,11-13H2,(H,22,24)/t15-/m1/s1. The number of nitrogens with one attached hydrogen (secondary N) is 1. The molecule has 1 heterocycles. The summed E-state index contributed by atoms with van der Waals surface area (Å²) in [6.07, 6.45) is 0.999. The highest BCUT2D eigenvalue weighted by molar-refractivity contribution is 5.94. The molecular formula is C19H20F2N2O. The molecule has 1 atom stereocenters. The van der Waals surface area contributed by atoms with Gasteiger partial charge in [-0.15, -0.1) is 0 Å². The van der Waals surface area contributed by atoms with Crippen LogP contribution in [0, 0.1) is 17.6 Å². The van der Waals surface area contributed by atoms with Crippen LogP contribution in [0.25, 0.3) is 0 Å². The van der Waals surface area contributed by atoms with Gasteiger partial charge in [0.05, 0.1) is 5.56 Å². The van der Waals surface area contributed by atoms with Crippen molar-refractivity contribution in [1.29, 1.82) is 0 Å². The molecule has 0 aliphatic carbocycles. The Hall–Kier alpha value is -2.27. The van der Waals surface area contributed by atoms with Crippen LogP contribution in [0.15, 0.2) is 48.5 Å². The number of likely N-dealkylation sites (tertiary alicyclic amines) is 1. The van der Waals surface area contributed by atoms with E-state index in [4.69, 9.17) is 0 Å². The van der Waals surface area contributed by atoms with Crippen LogP contribution in [0.3, 0.4) is 0 Å². The van der Waals surface area contributed by atoms with Crippen LogP contribution in [0.4, 0.5) is 8.78 Å². The van der Waals surface area contributed by atoms with Crippen molar-refractivity contribution in [1.82, 2.24) is 10.2 Å². The fourth-order valence-corrected chi connectivity index (χ4v) is 3.07. The first-order chi connectivity index (χ1) is 11.6. The largest absolute Gasteiger partial charge is 0.352 e. The molecule has 1 fully saturated rings. The predicted octanol–water partition coefficient (Wildman–Crippen LogP) is 3.22. The van der Waals surface area contributed by atoms with E-state index in [1.54, 1.807) is 0 Å². The zero-order valence-electron chi connectivity index (χ0n) is 13.3. The van der Waals surface area contributed by atoms with E-state index in [1.165, 1.54) is 11.6 Å². The molecule has 1 N–H and O–H groups in total. The van der Waals surface area contributed by atoms with Crippen LogP contribution >= 0.6 is 0 Å². The van der Waals surface area contributed by atoms with Crippen molar-refractivity contribution >= 4 is 5.91 Å². The second-order valence-electron chi connectivity index (χ2n) is 6.21. The minimum Gasteiger partial charge on any atom is -0.352 e. The molecule has 24 heavy (non-hydrogen) atoms. The monoisotopic (exact) mass is 330 g/mol. The molecule has 1 saturated heterocycles. The van der Waals surface area contributed by atoms with Gasteiger partial charge in [0, 0.05) is 25.7 Å². The first-order valence-electron chi connectivity index (χ1n) is 8.11. The van der Waals surface area contributed by atoms with Crippen LogP contribution < -0.4 is 5.32 Å². The number of hydrogen-bond acceptors (Lipinski definition) is 2. The highest BCUT2D eigenvalue weighted by Crippen LogP contribution is 2.18. The summed E-state index contributed by atoms with van der Waals surface area (Å²) in [7, 11) is 0. The van der Waals surface area contributed by atoms with E-state index in [0.717, 1.165) is 38.2 Å². The number of amides is 1. The summed E-state index contributed by atoms with van der Waals surface area (Å²) in [6, 6.07) is 13.3. The predicted molar refractivity (Wildman–Crippen MR) is 88.5 cm³/mol. The maximum absolute atomic E-state index is 13.6. The van der Waals surface area contributed by atoms with E-state index < -0.39 is 17.5 Å². The van der Waals surface area contributed by atoms with Crippen LogP contribution in [0.1, 0.15) is 22.3 Å². The van der Waals surface area contributed by atoms with Gasteiger partial charge in [-0.3, -0.25) is 9.69 Å². The van der Waals surface area contributed by atoms with Crippen LogP contribution in [0.5, 0.6) is 0 Å². The van der Waals surface area contributed by atoms with Crippen molar-refractivity contribution in [2.24, 2.45) is 5.92 Å². The minimum absolute atomic E-state index is 0.115. The maximum Gasteiger partial charge on any atom is 0.254 e. The number of benzene rings is 2. The molecule has 0 spiro atoms. The third-order valence-electron chi connectivity index (χ3n) is 4.35. The lowest BCUT2D eigenvalue weighted by Crippen LogP contribution is -2.31. The highest BCUT2D eigenvalue weighted by atomic mass is 19.1. The lowest BCUT2D eigenvalue weighted by molar-refractivity contribution is 0.0943. The number of rotatable bonds is 5. The van der Waals surface area contributed by atoms with E-state index in [-0.39, 0.29) is 5.56 Å². The highest BCUT2D eigenvalue weighted by Gasteiger charge is 2.23. The number of nitrogens with zero attached hydrogens (tertiary/aromatic N) is 1. The Morgan fingerprint density at radius 1 is 1.17 bits per heavy atom. The van der Waals surface area contributed by atoms with Crippen LogP contribution in [-0.2, 0) is 6.54 Å². The summed E-state index contributed by atoms with van der Waals surface area (Å²) in [5.74, 6) is -1.66. The summed E-state index contributed by atoms with van der Waals surface area (Å²) in [4.78, 5) is 14.4. The SMILES string of the molecule is O=C(NC[C@H]1CCN(Cc2ccccc2)C1)c1ccc(F)cc1F. The summed E-state index contributed by atoms with van der Waals surface area (Å²) >= 11 is 0. The third-order valence-corrected chi connectivity index (χ3v) is 4.35. The Morgan fingerprint density at radius 3 is 2.71 bits per heavy atom. The van der Waals surface area contributed by atoms with Crippen LogP contribution in [-0.4, -0.2) is 30.4 Å². The summed E-state index contributed by atoms with van der Waals surface area (Å²) < 4.78 is 26.5. The van der Waals surface area contributed by atoms with Gasteiger partial charge in [-0.2, -0.15) is 0 Å². The maximum atomic E-state index is 13.6.